The Kier molecular flexibility index (Phi) is 6.67. The minimum absolute atomic E-state index is 0.00997. The van der Waals surface area contributed by atoms with Crippen LogP contribution in [-0.2, 0) is 6.42 Å². The van der Waals surface area contributed by atoms with Gasteiger partial charge < -0.3 is 19.5 Å². The van der Waals surface area contributed by atoms with E-state index in [9.17, 15) is 24.2 Å². The van der Waals surface area contributed by atoms with E-state index in [1.807, 2.05) is 13.8 Å². The fourth-order valence-electron chi connectivity index (χ4n) is 3.45. The lowest BCUT2D eigenvalue weighted by atomic mass is 10.00. The quantitative estimate of drug-likeness (QED) is 0.559. The molecule has 8 heteroatoms. The number of carboxylic acid groups (broad SMARTS) is 1. The van der Waals surface area contributed by atoms with Gasteiger partial charge in [0.1, 0.15) is 17.1 Å². The van der Waals surface area contributed by atoms with E-state index in [0.29, 0.717) is 22.4 Å². The maximum atomic E-state index is 14.4. The molecule has 3 aromatic rings. The predicted octanol–water partition coefficient (Wildman–Crippen LogP) is 4.42. The Bertz CT molecular complexity index is 1200. The number of ether oxygens (including phenoxy) is 1. The molecule has 0 amide bonds. The SMILES string of the molecule is CC(C)Oc1cc(Cc2cccc(Cl)c2F)cc2c(=O)c(C(=O)O)cn(C(C)CO)c12. The molecule has 1 heterocycles. The third kappa shape index (κ3) is 4.57. The number of hydrogen-bond donors (Lipinski definition) is 2. The van der Waals surface area contributed by atoms with Gasteiger partial charge in [0.05, 0.1) is 34.7 Å². The van der Waals surface area contributed by atoms with Crippen molar-refractivity contribution in [2.45, 2.75) is 39.3 Å². The first-order chi connectivity index (χ1) is 14.6. The van der Waals surface area contributed by atoms with Crippen LogP contribution in [0.3, 0.4) is 0 Å². The molecule has 0 spiro atoms. The van der Waals surface area contributed by atoms with E-state index in [1.54, 1.807) is 25.1 Å². The number of carbonyl (C=O) groups is 1. The van der Waals surface area contributed by atoms with Gasteiger partial charge in [-0.15, -0.1) is 0 Å². The molecular weight excluding hydrogens is 425 g/mol. The number of aromatic nitrogens is 1. The molecule has 2 N–H and O–H groups in total. The highest BCUT2D eigenvalue weighted by Crippen LogP contribution is 2.31. The number of pyridine rings is 1. The lowest BCUT2D eigenvalue weighted by Crippen LogP contribution is -2.22. The molecule has 3 rings (SSSR count). The Balaban J connectivity index is 2.34. The zero-order valence-electron chi connectivity index (χ0n) is 17.4. The van der Waals surface area contributed by atoms with Gasteiger partial charge in [0.25, 0.3) is 0 Å². The Labute approximate surface area is 183 Å². The van der Waals surface area contributed by atoms with Crippen LogP contribution < -0.4 is 10.2 Å². The molecule has 6 nitrogen and oxygen atoms in total. The van der Waals surface area contributed by atoms with E-state index >= 15 is 0 Å². The second-order valence-electron chi connectivity index (χ2n) is 7.66. The second-order valence-corrected chi connectivity index (χ2v) is 8.07. The van der Waals surface area contributed by atoms with Gasteiger partial charge in [-0.25, -0.2) is 9.18 Å². The summed E-state index contributed by atoms with van der Waals surface area (Å²) in [6.07, 6.45) is 1.11. The van der Waals surface area contributed by atoms with Gasteiger partial charge in [0.15, 0.2) is 0 Å². The van der Waals surface area contributed by atoms with Crippen molar-refractivity contribution >= 4 is 28.5 Å². The van der Waals surface area contributed by atoms with Crippen LogP contribution in [0.25, 0.3) is 10.9 Å². The van der Waals surface area contributed by atoms with Crippen molar-refractivity contribution in [3.63, 3.8) is 0 Å². The summed E-state index contributed by atoms with van der Waals surface area (Å²) >= 11 is 5.89. The van der Waals surface area contributed by atoms with Crippen molar-refractivity contribution in [3.8, 4) is 5.75 Å². The number of aromatic carboxylic acids is 1. The van der Waals surface area contributed by atoms with Crippen molar-refractivity contribution in [2.24, 2.45) is 0 Å². The molecule has 0 saturated carbocycles. The smallest absolute Gasteiger partial charge is 0.341 e. The summed E-state index contributed by atoms with van der Waals surface area (Å²) in [5.41, 5.74) is 0.175. The van der Waals surface area contributed by atoms with Crippen LogP contribution in [0.15, 0.2) is 41.3 Å². The van der Waals surface area contributed by atoms with E-state index in [4.69, 9.17) is 16.3 Å². The molecule has 31 heavy (non-hydrogen) atoms. The van der Waals surface area contributed by atoms with Gasteiger partial charge in [-0.05, 0) is 50.1 Å². The molecule has 0 aliphatic heterocycles. The highest BCUT2D eigenvalue weighted by molar-refractivity contribution is 6.30. The number of hydrogen-bond acceptors (Lipinski definition) is 4. The molecule has 0 bridgehead atoms. The molecule has 1 aromatic heterocycles. The summed E-state index contributed by atoms with van der Waals surface area (Å²) in [5.74, 6) is -1.58. The number of nitrogens with zero attached hydrogens (tertiary/aromatic N) is 1. The average molecular weight is 448 g/mol. The third-order valence-electron chi connectivity index (χ3n) is 4.91. The zero-order valence-corrected chi connectivity index (χ0v) is 18.1. The van der Waals surface area contributed by atoms with Gasteiger partial charge in [-0.1, -0.05) is 23.7 Å². The number of aliphatic hydroxyl groups is 1. The fourth-order valence-corrected chi connectivity index (χ4v) is 3.64. The first-order valence-electron chi connectivity index (χ1n) is 9.79. The van der Waals surface area contributed by atoms with E-state index < -0.39 is 28.8 Å². The minimum atomic E-state index is -1.37. The van der Waals surface area contributed by atoms with Crippen molar-refractivity contribution in [1.29, 1.82) is 0 Å². The molecular formula is C23H23ClFNO5. The number of rotatable bonds is 7. The molecule has 0 fully saturated rings. The lowest BCUT2D eigenvalue weighted by molar-refractivity contribution is 0.0694. The fraction of sp³-hybridized carbons (Fsp3) is 0.304. The molecule has 0 aliphatic carbocycles. The predicted molar refractivity (Wildman–Crippen MR) is 117 cm³/mol. The van der Waals surface area contributed by atoms with Crippen molar-refractivity contribution in [2.75, 3.05) is 6.61 Å². The maximum absolute atomic E-state index is 14.4. The zero-order chi connectivity index (χ0) is 22.9. The number of aliphatic hydroxyl groups excluding tert-OH is 1. The Hall–Kier alpha value is -2.90. The van der Waals surface area contributed by atoms with Crippen molar-refractivity contribution in [1.82, 2.24) is 4.57 Å². The molecule has 2 aromatic carbocycles. The monoisotopic (exact) mass is 447 g/mol. The van der Waals surface area contributed by atoms with Crippen LogP contribution in [0.5, 0.6) is 5.75 Å². The van der Waals surface area contributed by atoms with E-state index in [-0.39, 0.29) is 29.5 Å². The highest BCUT2D eigenvalue weighted by Gasteiger charge is 2.21. The first-order valence-corrected chi connectivity index (χ1v) is 10.2. The summed E-state index contributed by atoms with van der Waals surface area (Å²) in [5, 5.41) is 19.3. The van der Waals surface area contributed by atoms with Crippen LogP contribution in [0, 0.1) is 5.82 Å². The first kappa shape index (κ1) is 22.8. The number of carboxylic acids is 1. The van der Waals surface area contributed by atoms with Gasteiger partial charge in [0, 0.05) is 12.6 Å². The molecule has 164 valence electrons. The average Bonchev–Trinajstić information content (AvgIpc) is 2.71. The summed E-state index contributed by atoms with van der Waals surface area (Å²) in [4.78, 5) is 24.7. The second kappa shape index (κ2) is 9.08. The Morgan fingerprint density at radius 1 is 1.26 bits per heavy atom. The normalized spacial score (nSPS) is 12.4. The number of benzene rings is 2. The summed E-state index contributed by atoms with van der Waals surface area (Å²) in [7, 11) is 0. The van der Waals surface area contributed by atoms with Crippen LogP contribution in [0.4, 0.5) is 4.39 Å². The topological polar surface area (TPSA) is 88.8 Å². The highest BCUT2D eigenvalue weighted by atomic mass is 35.5. The van der Waals surface area contributed by atoms with Gasteiger partial charge in [0.2, 0.25) is 5.43 Å². The van der Waals surface area contributed by atoms with Gasteiger partial charge >= 0.3 is 5.97 Å². The third-order valence-corrected chi connectivity index (χ3v) is 5.20. The van der Waals surface area contributed by atoms with Crippen molar-refractivity contribution < 1.29 is 24.1 Å². The molecule has 0 aliphatic rings. The van der Waals surface area contributed by atoms with E-state index in [0.717, 1.165) is 0 Å². The number of fused-ring (bicyclic) bond motifs is 1. The Morgan fingerprint density at radius 2 is 1.97 bits per heavy atom. The maximum Gasteiger partial charge on any atom is 0.341 e. The largest absolute Gasteiger partial charge is 0.489 e. The summed E-state index contributed by atoms with van der Waals surface area (Å²) < 4.78 is 21.9. The van der Waals surface area contributed by atoms with Gasteiger partial charge in [-0.2, -0.15) is 0 Å². The van der Waals surface area contributed by atoms with E-state index in [1.165, 1.54) is 22.9 Å². The van der Waals surface area contributed by atoms with Crippen LogP contribution in [0.1, 0.15) is 48.3 Å². The van der Waals surface area contributed by atoms with Crippen molar-refractivity contribution in [3.05, 3.63) is 74.3 Å². The summed E-state index contributed by atoms with van der Waals surface area (Å²) in [6.45, 7) is 5.06. The molecule has 0 radical (unpaired) electrons. The van der Waals surface area contributed by atoms with E-state index in [2.05, 4.69) is 0 Å². The Morgan fingerprint density at radius 3 is 2.58 bits per heavy atom. The molecule has 1 unspecified atom stereocenters. The number of halogens is 2. The van der Waals surface area contributed by atoms with Crippen LogP contribution >= 0.6 is 11.6 Å². The van der Waals surface area contributed by atoms with Crippen LogP contribution in [0.2, 0.25) is 5.02 Å². The van der Waals surface area contributed by atoms with Gasteiger partial charge in [-0.3, -0.25) is 4.79 Å². The summed E-state index contributed by atoms with van der Waals surface area (Å²) in [6, 6.07) is 7.40. The molecule has 1 atom stereocenters. The van der Waals surface area contributed by atoms with Crippen LogP contribution in [-0.4, -0.2) is 33.5 Å². The minimum Gasteiger partial charge on any atom is -0.489 e. The lowest BCUT2D eigenvalue weighted by Gasteiger charge is -2.22. The standard InChI is InChI=1S/C23H23ClFNO5/c1-12(2)31-19-9-14(7-15-5-4-6-18(24)20(15)25)8-16-21(19)26(13(3)11-27)10-17(22(16)28)23(29)30/h4-6,8-10,12-13,27H,7,11H2,1-3H3,(H,29,30). The molecule has 0 saturated heterocycles.